The maximum absolute atomic E-state index is 10.9. The molecule has 0 unspecified atom stereocenters. The topological polar surface area (TPSA) is 99.0 Å². The number of carbonyl (C=O) groups is 1. The van der Waals surface area contributed by atoms with Crippen LogP contribution in [0.4, 0.5) is 0 Å². The van der Waals surface area contributed by atoms with E-state index in [-0.39, 0.29) is 11.3 Å². The van der Waals surface area contributed by atoms with Gasteiger partial charge in [0.15, 0.2) is 0 Å². The zero-order chi connectivity index (χ0) is 15.3. The number of hydrogen-bond donors (Lipinski definition) is 4. The number of carbonyl (C=O) groups excluding carboxylic acids is 1. The van der Waals surface area contributed by atoms with Crippen LogP contribution in [-0.4, -0.2) is 34.5 Å². The summed E-state index contributed by atoms with van der Waals surface area (Å²) in [5.74, 6) is -0.873. The fourth-order valence-electron chi connectivity index (χ4n) is 1.52. The lowest BCUT2D eigenvalue weighted by atomic mass is 10.0. The van der Waals surface area contributed by atoms with Gasteiger partial charge in [-0.05, 0) is 34.1 Å². The van der Waals surface area contributed by atoms with E-state index in [1.54, 1.807) is 6.07 Å². The van der Waals surface area contributed by atoms with Crippen molar-refractivity contribution in [3.05, 3.63) is 38.8 Å². The fourth-order valence-corrected chi connectivity index (χ4v) is 2.78. The average molecular weight is 411 g/mol. The van der Waals surface area contributed by atoms with Crippen LogP contribution in [0.25, 0.3) is 0 Å². The SMILES string of the molecule is CO[C@H](/C=C/C(=O)NO)[C@H](O)c1cc(Br)cc(Br)c1O. The molecule has 0 aliphatic carbocycles. The van der Waals surface area contributed by atoms with Crippen molar-refractivity contribution in [3.8, 4) is 5.75 Å². The number of amides is 1. The van der Waals surface area contributed by atoms with Crippen molar-refractivity contribution in [2.24, 2.45) is 0 Å². The molecule has 0 aliphatic heterocycles. The second-order valence-electron chi connectivity index (χ2n) is 3.81. The summed E-state index contributed by atoms with van der Waals surface area (Å²) in [5, 5.41) is 28.5. The second kappa shape index (κ2) is 7.75. The first-order chi connectivity index (χ1) is 9.40. The summed E-state index contributed by atoms with van der Waals surface area (Å²) < 4.78 is 6.12. The standard InChI is InChI=1S/C12H13Br2NO5/c1-20-9(2-3-10(16)15-19)12(18)7-4-6(13)5-8(14)11(7)17/h2-5,9,12,17-19H,1H3,(H,15,16)/b3-2+/t9-,12-/m1/s1. The van der Waals surface area contributed by atoms with E-state index in [0.717, 1.165) is 6.08 Å². The Morgan fingerprint density at radius 2 is 2.10 bits per heavy atom. The number of ether oxygens (including phenoxy) is 1. The lowest BCUT2D eigenvalue weighted by Crippen LogP contribution is -2.21. The highest BCUT2D eigenvalue weighted by Gasteiger charge is 2.23. The molecule has 8 heteroatoms. The molecule has 1 amide bonds. The first-order valence-corrected chi connectivity index (χ1v) is 7.00. The summed E-state index contributed by atoms with van der Waals surface area (Å²) in [7, 11) is 1.35. The Morgan fingerprint density at radius 1 is 1.45 bits per heavy atom. The summed E-state index contributed by atoms with van der Waals surface area (Å²) in [6.07, 6.45) is 0.210. The molecular formula is C12H13Br2NO5. The summed E-state index contributed by atoms with van der Waals surface area (Å²) >= 11 is 6.41. The molecule has 0 aliphatic rings. The number of nitrogens with one attached hydrogen (secondary N) is 1. The Balaban J connectivity index is 3.05. The van der Waals surface area contributed by atoms with Crippen LogP contribution in [0.1, 0.15) is 11.7 Å². The molecular weight excluding hydrogens is 398 g/mol. The summed E-state index contributed by atoms with van der Waals surface area (Å²) in [5.41, 5.74) is 1.65. The minimum absolute atomic E-state index is 0.122. The van der Waals surface area contributed by atoms with Gasteiger partial charge in [-0.15, -0.1) is 0 Å². The number of halogens is 2. The number of aliphatic hydroxyl groups is 1. The number of rotatable bonds is 5. The van der Waals surface area contributed by atoms with Gasteiger partial charge in [-0.25, -0.2) is 5.48 Å². The molecule has 0 radical (unpaired) electrons. The average Bonchev–Trinajstić information content (AvgIpc) is 2.42. The van der Waals surface area contributed by atoms with Gasteiger partial charge in [0, 0.05) is 23.2 Å². The third-order valence-corrected chi connectivity index (χ3v) is 3.57. The van der Waals surface area contributed by atoms with Gasteiger partial charge in [0.1, 0.15) is 18.0 Å². The molecule has 2 atom stereocenters. The normalized spacial score (nSPS) is 14.2. The van der Waals surface area contributed by atoms with Crippen molar-refractivity contribution in [3.63, 3.8) is 0 Å². The van der Waals surface area contributed by atoms with E-state index in [9.17, 15) is 15.0 Å². The molecule has 1 aromatic rings. The number of aliphatic hydroxyl groups excluding tert-OH is 1. The van der Waals surface area contributed by atoms with Gasteiger partial charge >= 0.3 is 0 Å². The molecule has 6 nitrogen and oxygen atoms in total. The van der Waals surface area contributed by atoms with Crippen LogP contribution in [0.2, 0.25) is 0 Å². The minimum atomic E-state index is -1.20. The smallest absolute Gasteiger partial charge is 0.267 e. The molecule has 1 rings (SSSR count). The van der Waals surface area contributed by atoms with Gasteiger partial charge in [-0.3, -0.25) is 10.0 Å². The molecule has 4 N–H and O–H groups in total. The molecule has 0 spiro atoms. The molecule has 1 aromatic carbocycles. The molecule has 0 bridgehead atoms. The van der Waals surface area contributed by atoms with E-state index >= 15 is 0 Å². The van der Waals surface area contributed by atoms with Gasteiger partial charge in [-0.2, -0.15) is 0 Å². The highest BCUT2D eigenvalue weighted by molar-refractivity contribution is 9.11. The van der Waals surface area contributed by atoms with E-state index < -0.39 is 18.1 Å². The van der Waals surface area contributed by atoms with Crippen LogP contribution in [0.15, 0.2) is 33.2 Å². The first-order valence-electron chi connectivity index (χ1n) is 5.41. The van der Waals surface area contributed by atoms with Gasteiger partial charge in [0.25, 0.3) is 5.91 Å². The van der Waals surface area contributed by atoms with Crippen LogP contribution in [0, 0.1) is 0 Å². The quantitative estimate of drug-likeness (QED) is 0.338. The van der Waals surface area contributed by atoms with Crippen LogP contribution in [-0.2, 0) is 9.53 Å². The Morgan fingerprint density at radius 3 is 2.65 bits per heavy atom. The zero-order valence-electron chi connectivity index (χ0n) is 10.4. The Bertz CT molecular complexity index is 521. The predicted molar refractivity (Wildman–Crippen MR) is 78.3 cm³/mol. The molecule has 0 fully saturated rings. The highest BCUT2D eigenvalue weighted by Crippen LogP contribution is 2.36. The molecule has 0 saturated carbocycles. The number of phenolic OH excluding ortho intramolecular Hbond substituents is 1. The van der Waals surface area contributed by atoms with Crippen molar-refractivity contribution in [2.45, 2.75) is 12.2 Å². The Labute approximate surface area is 132 Å². The van der Waals surface area contributed by atoms with Crippen LogP contribution in [0.5, 0.6) is 5.75 Å². The predicted octanol–water partition coefficient (Wildman–Crippen LogP) is 2.03. The van der Waals surface area contributed by atoms with Crippen LogP contribution < -0.4 is 5.48 Å². The van der Waals surface area contributed by atoms with Crippen molar-refractivity contribution in [1.29, 1.82) is 0 Å². The van der Waals surface area contributed by atoms with E-state index in [4.69, 9.17) is 9.94 Å². The first kappa shape index (κ1) is 17.1. The van der Waals surface area contributed by atoms with Crippen molar-refractivity contribution in [2.75, 3.05) is 7.11 Å². The van der Waals surface area contributed by atoms with E-state index in [1.807, 2.05) is 0 Å². The number of methoxy groups -OCH3 is 1. The third kappa shape index (κ3) is 4.29. The van der Waals surface area contributed by atoms with Gasteiger partial charge < -0.3 is 14.9 Å². The van der Waals surface area contributed by atoms with Crippen LogP contribution in [0.3, 0.4) is 0 Å². The molecule has 0 saturated heterocycles. The number of phenols is 1. The van der Waals surface area contributed by atoms with Gasteiger partial charge in [0.2, 0.25) is 0 Å². The zero-order valence-corrected chi connectivity index (χ0v) is 13.6. The van der Waals surface area contributed by atoms with E-state index in [2.05, 4.69) is 31.9 Å². The van der Waals surface area contributed by atoms with Crippen molar-refractivity contribution in [1.82, 2.24) is 5.48 Å². The fraction of sp³-hybridized carbons (Fsp3) is 0.250. The summed E-state index contributed by atoms with van der Waals surface area (Å²) in [6, 6.07) is 3.17. The van der Waals surface area contributed by atoms with E-state index in [1.165, 1.54) is 24.7 Å². The van der Waals surface area contributed by atoms with Crippen molar-refractivity contribution < 1.29 is 25.0 Å². The number of hydrogen-bond acceptors (Lipinski definition) is 5. The molecule has 0 heterocycles. The third-order valence-electron chi connectivity index (χ3n) is 2.51. The lowest BCUT2D eigenvalue weighted by Gasteiger charge is -2.20. The van der Waals surface area contributed by atoms with Crippen molar-refractivity contribution >= 4 is 37.8 Å². The number of hydroxylamine groups is 1. The largest absolute Gasteiger partial charge is 0.506 e. The number of aromatic hydroxyl groups is 1. The second-order valence-corrected chi connectivity index (χ2v) is 5.58. The minimum Gasteiger partial charge on any atom is -0.506 e. The maximum Gasteiger partial charge on any atom is 0.267 e. The maximum atomic E-state index is 10.9. The highest BCUT2D eigenvalue weighted by atomic mass is 79.9. The van der Waals surface area contributed by atoms with Gasteiger partial charge in [-0.1, -0.05) is 15.9 Å². The summed E-state index contributed by atoms with van der Waals surface area (Å²) in [4.78, 5) is 10.9. The summed E-state index contributed by atoms with van der Waals surface area (Å²) in [6.45, 7) is 0. The monoisotopic (exact) mass is 409 g/mol. The molecule has 110 valence electrons. The molecule has 0 aromatic heterocycles. The number of benzene rings is 1. The van der Waals surface area contributed by atoms with Gasteiger partial charge in [0.05, 0.1) is 4.47 Å². The Hall–Kier alpha value is -0.930. The van der Waals surface area contributed by atoms with Crippen LogP contribution >= 0.6 is 31.9 Å². The lowest BCUT2D eigenvalue weighted by molar-refractivity contribution is -0.124. The Kier molecular flexibility index (Phi) is 6.63. The molecule has 20 heavy (non-hydrogen) atoms. The van der Waals surface area contributed by atoms with E-state index in [0.29, 0.717) is 8.95 Å².